The third-order valence-electron chi connectivity index (χ3n) is 3.69. The molecule has 4 nitrogen and oxygen atoms in total. The van der Waals surface area contributed by atoms with E-state index in [-0.39, 0.29) is 0 Å². The highest BCUT2D eigenvalue weighted by Crippen LogP contribution is 2.23. The summed E-state index contributed by atoms with van der Waals surface area (Å²) in [6, 6.07) is 2.95. The topological polar surface area (TPSA) is 41.0 Å². The molecule has 2 atom stereocenters. The summed E-state index contributed by atoms with van der Waals surface area (Å²) in [6.45, 7) is 8.54. The first-order valence-corrected chi connectivity index (χ1v) is 7.02. The van der Waals surface area contributed by atoms with Crippen molar-refractivity contribution in [3.8, 4) is 0 Å². The molecule has 0 amide bonds. The molecule has 0 bridgehead atoms. The minimum Gasteiger partial charge on any atom is -0.336 e. The number of rotatable bonds is 4. The Morgan fingerprint density at radius 2 is 2.33 bits per heavy atom. The third kappa shape index (κ3) is 2.99. The molecule has 1 N–H and O–H groups in total. The fourth-order valence-corrected chi connectivity index (χ4v) is 2.76. The van der Waals surface area contributed by atoms with Crippen molar-refractivity contribution in [3.63, 3.8) is 0 Å². The van der Waals surface area contributed by atoms with Crippen LogP contribution in [0, 0.1) is 6.92 Å². The number of nitrogens with one attached hydrogen (secondary N) is 1. The zero-order valence-corrected chi connectivity index (χ0v) is 11.7. The van der Waals surface area contributed by atoms with Crippen LogP contribution in [-0.2, 0) is 0 Å². The van der Waals surface area contributed by atoms with Crippen LogP contribution in [0.3, 0.4) is 0 Å². The van der Waals surface area contributed by atoms with E-state index in [2.05, 4.69) is 34.0 Å². The van der Waals surface area contributed by atoms with Crippen molar-refractivity contribution in [2.75, 3.05) is 18.0 Å². The fourth-order valence-electron chi connectivity index (χ4n) is 2.76. The van der Waals surface area contributed by atoms with Crippen molar-refractivity contribution in [1.29, 1.82) is 0 Å². The Labute approximate surface area is 110 Å². The van der Waals surface area contributed by atoms with Crippen LogP contribution in [-0.4, -0.2) is 35.1 Å². The Morgan fingerprint density at radius 1 is 1.50 bits per heavy atom. The summed E-state index contributed by atoms with van der Waals surface area (Å²) in [5, 5.41) is 3.53. The van der Waals surface area contributed by atoms with Crippen LogP contribution in [0.15, 0.2) is 12.3 Å². The number of likely N-dealkylation sites (N-methyl/N-ethyl adjacent to an activating group) is 1. The number of hydrogen-bond acceptors (Lipinski definition) is 4. The molecule has 0 aliphatic carbocycles. The molecule has 0 radical (unpaired) electrons. The molecule has 1 saturated heterocycles. The van der Waals surface area contributed by atoms with Crippen LogP contribution in [0.5, 0.6) is 0 Å². The quantitative estimate of drug-likeness (QED) is 0.886. The van der Waals surface area contributed by atoms with Gasteiger partial charge in [0.1, 0.15) is 0 Å². The first-order valence-electron chi connectivity index (χ1n) is 7.02. The summed E-state index contributed by atoms with van der Waals surface area (Å²) in [4.78, 5) is 11.4. The predicted octanol–water partition coefficient (Wildman–Crippen LogP) is 2.14. The van der Waals surface area contributed by atoms with Gasteiger partial charge < -0.3 is 10.2 Å². The number of aromatic nitrogens is 2. The van der Waals surface area contributed by atoms with Gasteiger partial charge in [0.2, 0.25) is 5.95 Å². The van der Waals surface area contributed by atoms with E-state index in [1.54, 1.807) is 0 Å². The molecular weight excluding hydrogens is 224 g/mol. The van der Waals surface area contributed by atoms with Gasteiger partial charge in [-0.1, -0.05) is 6.92 Å². The Kier molecular flexibility index (Phi) is 4.53. The molecule has 18 heavy (non-hydrogen) atoms. The average molecular weight is 248 g/mol. The standard InChI is InChI=1S/C14H24N4/c1-4-15-12(3)13-7-5-6-10-18(13)14-16-9-8-11(2)17-14/h8-9,12-13,15H,4-7,10H2,1-3H3. The molecule has 0 aromatic carbocycles. The summed E-state index contributed by atoms with van der Waals surface area (Å²) in [6.07, 6.45) is 5.64. The van der Waals surface area contributed by atoms with Gasteiger partial charge in [0.25, 0.3) is 0 Å². The summed E-state index contributed by atoms with van der Waals surface area (Å²) >= 11 is 0. The Balaban J connectivity index is 2.17. The number of anilines is 1. The van der Waals surface area contributed by atoms with Gasteiger partial charge in [0, 0.05) is 30.5 Å². The number of nitrogens with zero attached hydrogens (tertiary/aromatic N) is 3. The highest BCUT2D eigenvalue weighted by Gasteiger charge is 2.28. The molecule has 1 aromatic rings. The van der Waals surface area contributed by atoms with Crippen molar-refractivity contribution in [2.45, 2.75) is 52.1 Å². The maximum Gasteiger partial charge on any atom is 0.225 e. The van der Waals surface area contributed by atoms with Crippen molar-refractivity contribution in [3.05, 3.63) is 18.0 Å². The highest BCUT2D eigenvalue weighted by atomic mass is 15.3. The van der Waals surface area contributed by atoms with Gasteiger partial charge >= 0.3 is 0 Å². The molecule has 0 saturated carbocycles. The second kappa shape index (κ2) is 6.14. The van der Waals surface area contributed by atoms with E-state index in [4.69, 9.17) is 0 Å². The fraction of sp³-hybridized carbons (Fsp3) is 0.714. The second-order valence-electron chi connectivity index (χ2n) is 5.10. The van der Waals surface area contributed by atoms with Gasteiger partial charge in [0.05, 0.1) is 0 Å². The lowest BCUT2D eigenvalue weighted by Crippen LogP contribution is -2.51. The van der Waals surface area contributed by atoms with Crippen molar-refractivity contribution < 1.29 is 0 Å². The largest absolute Gasteiger partial charge is 0.336 e. The van der Waals surface area contributed by atoms with Crippen LogP contribution < -0.4 is 10.2 Å². The minimum atomic E-state index is 0.486. The van der Waals surface area contributed by atoms with Gasteiger partial charge in [0.15, 0.2) is 0 Å². The predicted molar refractivity (Wildman–Crippen MR) is 74.9 cm³/mol. The summed E-state index contributed by atoms with van der Waals surface area (Å²) in [7, 11) is 0. The van der Waals surface area contributed by atoms with E-state index in [0.29, 0.717) is 12.1 Å². The normalized spacial score (nSPS) is 21.9. The third-order valence-corrected chi connectivity index (χ3v) is 3.69. The smallest absolute Gasteiger partial charge is 0.225 e. The highest BCUT2D eigenvalue weighted by molar-refractivity contribution is 5.33. The summed E-state index contributed by atoms with van der Waals surface area (Å²) < 4.78 is 0. The van der Waals surface area contributed by atoms with Gasteiger partial charge in [-0.25, -0.2) is 9.97 Å². The van der Waals surface area contributed by atoms with E-state index in [1.807, 2.05) is 19.2 Å². The first kappa shape index (κ1) is 13.3. The monoisotopic (exact) mass is 248 g/mol. The van der Waals surface area contributed by atoms with Crippen LogP contribution in [0.25, 0.3) is 0 Å². The Hall–Kier alpha value is -1.16. The maximum absolute atomic E-state index is 4.58. The summed E-state index contributed by atoms with van der Waals surface area (Å²) in [5.41, 5.74) is 1.04. The average Bonchev–Trinajstić information content (AvgIpc) is 2.39. The van der Waals surface area contributed by atoms with Crippen LogP contribution in [0.4, 0.5) is 5.95 Å². The molecule has 2 rings (SSSR count). The van der Waals surface area contributed by atoms with Crippen LogP contribution in [0.1, 0.15) is 38.8 Å². The second-order valence-corrected chi connectivity index (χ2v) is 5.10. The molecule has 2 unspecified atom stereocenters. The molecule has 1 aliphatic rings. The van der Waals surface area contributed by atoms with E-state index >= 15 is 0 Å². The zero-order valence-electron chi connectivity index (χ0n) is 11.7. The van der Waals surface area contributed by atoms with Crippen molar-refractivity contribution >= 4 is 5.95 Å². The lowest BCUT2D eigenvalue weighted by molar-refractivity contribution is 0.368. The molecule has 1 aliphatic heterocycles. The molecular formula is C14H24N4. The van der Waals surface area contributed by atoms with E-state index in [9.17, 15) is 0 Å². The number of piperidine rings is 1. The van der Waals surface area contributed by atoms with E-state index in [1.165, 1.54) is 19.3 Å². The maximum atomic E-state index is 4.58. The van der Waals surface area contributed by atoms with Crippen LogP contribution >= 0.6 is 0 Å². The van der Waals surface area contributed by atoms with Gasteiger partial charge in [-0.15, -0.1) is 0 Å². The lowest BCUT2D eigenvalue weighted by Gasteiger charge is -2.39. The van der Waals surface area contributed by atoms with E-state index in [0.717, 1.165) is 24.7 Å². The molecule has 0 spiro atoms. The first-order chi connectivity index (χ1) is 8.72. The molecule has 2 heterocycles. The molecule has 4 heteroatoms. The van der Waals surface area contributed by atoms with Gasteiger partial charge in [-0.3, -0.25) is 0 Å². The van der Waals surface area contributed by atoms with Crippen LogP contribution in [0.2, 0.25) is 0 Å². The SMILES string of the molecule is CCNC(C)C1CCCCN1c1nccc(C)n1. The molecule has 100 valence electrons. The number of aryl methyl sites for hydroxylation is 1. The summed E-state index contributed by atoms with van der Waals surface area (Å²) in [5.74, 6) is 0.893. The Bertz CT molecular complexity index is 380. The van der Waals surface area contributed by atoms with Crippen molar-refractivity contribution in [1.82, 2.24) is 15.3 Å². The molecule has 1 aromatic heterocycles. The number of hydrogen-bond donors (Lipinski definition) is 1. The van der Waals surface area contributed by atoms with Gasteiger partial charge in [-0.2, -0.15) is 0 Å². The van der Waals surface area contributed by atoms with Gasteiger partial charge in [-0.05, 0) is 45.7 Å². The Morgan fingerprint density at radius 3 is 3.06 bits per heavy atom. The molecule has 1 fully saturated rings. The van der Waals surface area contributed by atoms with E-state index < -0.39 is 0 Å². The minimum absolute atomic E-state index is 0.486. The lowest BCUT2D eigenvalue weighted by atomic mass is 9.97. The zero-order chi connectivity index (χ0) is 13.0. The van der Waals surface area contributed by atoms with Crippen molar-refractivity contribution in [2.24, 2.45) is 0 Å².